The molecule has 1 N–H and O–H groups in total. The zero-order valence-corrected chi connectivity index (χ0v) is 15.3. The van der Waals surface area contributed by atoms with Crippen molar-refractivity contribution in [2.45, 2.75) is 37.1 Å². The Labute approximate surface area is 154 Å². The third-order valence-electron chi connectivity index (χ3n) is 3.83. The lowest BCUT2D eigenvalue weighted by atomic mass is 10.00. The molecule has 1 aliphatic heterocycles. The molecule has 152 valence electrons. The van der Waals surface area contributed by atoms with Crippen molar-refractivity contribution >= 4 is 16.0 Å². The van der Waals surface area contributed by atoms with Gasteiger partial charge in [-0.25, -0.2) is 8.42 Å². The predicted octanol–water partition coefficient (Wildman–Crippen LogP) is 2.22. The predicted molar refractivity (Wildman–Crippen MR) is 87.4 cm³/mol. The second kappa shape index (κ2) is 8.89. The molecule has 0 aromatic heterocycles. The van der Waals surface area contributed by atoms with E-state index < -0.39 is 34.1 Å². The Morgan fingerprint density at radius 1 is 1.33 bits per heavy atom. The highest BCUT2D eigenvalue weighted by Gasteiger charge is 2.32. The average Bonchev–Trinajstić information content (AvgIpc) is 3.06. The summed E-state index contributed by atoms with van der Waals surface area (Å²) in [5, 5.41) is 0. The molecule has 1 fully saturated rings. The summed E-state index contributed by atoms with van der Waals surface area (Å²) < 4.78 is 77.7. The maximum absolute atomic E-state index is 12.5. The molecule has 1 saturated heterocycles. The van der Waals surface area contributed by atoms with E-state index in [2.05, 4.69) is 9.46 Å². The van der Waals surface area contributed by atoms with Crippen LogP contribution in [-0.2, 0) is 24.3 Å². The topological polar surface area (TPSA) is 90.9 Å². The first-order chi connectivity index (χ1) is 12.6. The van der Waals surface area contributed by atoms with Crippen molar-refractivity contribution in [3.8, 4) is 5.75 Å². The molecule has 2 atom stereocenters. The van der Waals surface area contributed by atoms with E-state index in [1.165, 1.54) is 0 Å². The van der Waals surface area contributed by atoms with E-state index in [4.69, 9.17) is 9.47 Å². The fourth-order valence-electron chi connectivity index (χ4n) is 2.61. The molecule has 0 radical (unpaired) electrons. The number of hydrogen-bond acceptors (Lipinski definition) is 6. The van der Waals surface area contributed by atoms with Crippen molar-refractivity contribution < 1.29 is 40.6 Å². The van der Waals surface area contributed by atoms with Crippen LogP contribution in [0.2, 0.25) is 0 Å². The van der Waals surface area contributed by atoms with Crippen LogP contribution >= 0.6 is 0 Å². The van der Waals surface area contributed by atoms with Crippen molar-refractivity contribution in [1.29, 1.82) is 0 Å². The Hall–Kier alpha value is -1.85. The third kappa shape index (κ3) is 6.67. The van der Waals surface area contributed by atoms with Crippen LogP contribution in [0.1, 0.15) is 19.8 Å². The Morgan fingerprint density at radius 3 is 2.52 bits per heavy atom. The number of esters is 1. The van der Waals surface area contributed by atoms with Gasteiger partial charge in [0.2, 0.25) is 10.0 Å². The molecule has 0 bridgehead atoms. The van der Waals surface area contributed by atoms with Crippen molar-refractivity contribution in [1.82, 2.24) is 4.72 Å². The van der Waals surface area contributed by atoms with E-state index in [-0.39, 0.29) is 23.8 Å². The molecule has 0 saturated carbocycles. The molecule has 0 amide bonds. The number of hydrogen-bond donors (Lipinski definition) is 1. The van der Waals surface area contributed by atoms with Crippen molar-refractivity contribution in [2.75, 3.05) is 19.8 Å². The molecule has 0 unspecified atom stereocenters. The Kier molecular flexibility index (Phi) is 7.06. The van der Waals surface area contributed by atoms with Gasteiger partial charge < -0.3 is 14.2 Å². The van der Waals surface area contributed by atoms with Crippen LogP contribution in [-0.4, -0.2) is 46.6 Å². The number of alkyl halides is 3. The standard InChI is InChI=1S/C16H20F3NO6S/c1-2-25-15(21)14(9-11-7-8-24-10-11)20-27(22,23)13-5-3-12(4-6-13)26-16(17,18)19/h3-6,11,14,20H,2,7-10H2,1H3/t11-,14+/m1/s1. The zero-order chi connectivity index (χ0) is 20.1. The molecular formula is C16H20F3NO6S. The SMILES string of the molecule is CCOC(=O)[C@H](C[C@H]1CCOC1)NS(=O)(=O)c1ccc(OC(F)(F)F)cc1. The van der Waals surface area contributed by atoms with Gasteiger partial charge in [-0.15, -0.1) is 13.2 Å². The monoisotopic (exact) mass is 411 g/mol. The van der Waals surface area contributed by atoms with Crippen molar-refractivity contribution in [2.24, 2.45) is 5.92 Å². The molecule has 1 aliphatic rings. The number of benzene rings is 1. The molecule has 0 aliphatic carbocycles. The van der Waals surface area contributed by atoms with E-state index in [0.29, 0.717) is 19.6 Å². The van der Waals surface area contributed by atoms with Crippen LogP contribution in [0, 0.1) is 5.92 Å². The summed E-state index contributed by atoms with van der Waals surface area (Å²) >= 11 is 0. The largest absolute Gasteiger partial charge is 0.573 e. The normalized spacial score (nSPS) is 18.9. The van der Waals surface area contributed by atoms with Gasteiger partial charge in [0.05, 0.1) is 11.5 Å². The van der Waals surface area contributed by atoms with Crippen LogP contribution in [0.15, 0.2) is 29.2 Å². The number of ether oxygens (including phenoxy) is 3. The van der Waals surface area contributed by atoms with E-state index in [9.17, 15) is 26.4 Å². The Bertz CT molecular complexity index is 730. The van der Waals surface area contributed by atoms with Gasteiger partial charge in [0.25, 0.3) is 0 Å². The van der Waals surface area contributed by atoms with Crippen LogP contribution in [0.5, 0.6) is 5.75 Å². The van der Waals surface area contributed by atoms with Crippen LogP contribution in [0.3, 0.4) is 0 Å². The first-order valence-corrected chi connectivity index (χ1v) is 9.71. The van der Waals surface area contributed by atoms with Crippen molar-refractivity contribution in [3.05, 3.63) is 24.3 Å². The van der Waals surface area contributed by atoms with Crippen LogP contribution in [0.4, 0.5) is 13.2 Å². The molecule has 1 aromatic carbocycles. The molecule has 1 heterocycles. The third-order valence-corrected chi connectivity index (χ3v) is 5.32. The van der Waals surface area contributed by atoms with Crippen molar-refractivity contribution in [3.63, 3.8) is 0 Å². The molecule has 7 nitrogen and oxygen atoms in total. The van der Waals surface area contributed by atoms with E-state index in [1.807, 2.05) is 0 Å². The zero-order valence-electron chi connectivity index (χ0n) is 14.5. The number of carbonyl (C=O) groups is 1. The van der Waals surface area contributed by atoms with Gasteiger partial charge in [-0.05, 0) is 49.9 Å². The molecule has 0 spiro atoms. The Balaban J connectivity index is 2.12. The van der Waals surface area contributed by atoms with E-state index in [1.54, 1.807) is 6.92 Å². The Morgan fingerprint density at radius 2 is 2.00 bits per heavy atom. The molecule has 2 rings (SSSR count). The summed E-state index contributed by atoms with van der Waals surface area (Å²) in [5.41, 5.74) is 0. The van der Waals surface area contributed by atoms with E-state index in [0.717, 1.165) is 24.3 Å². The van der Waals surface area contributed by atoms with Crippen LogP contribution in [0.25, 0.3) is 0 Å². The summed E-state index contributed by atoms with van der Waals surface area (Å²) in [6.45, 7) is 2.64. The smallest absolute Gasteiger partial charge is 0.465 e. The van der Waals surface area contributed by atoms with Gasteiger partial charge in [-0.3, -0.25) is 4.79 Å². The molecule has 11 heteroatoms. The summed E-state index contributed by atoms with van der Waals surface area (Å²) in [5.74, 6) is -1.26. The van der Waals surface area contributed by atoms with E-state index >= 15 is 0 Å². The lowest BCUT2D eigenvalue weighted by Gasteiger charge is -2.20. The van der Waals surface area contributed by atoms with Gasteiger partial charge in [0, 0.05) is 13.2 Å². The minimum absolute atomic E-state index is 0.00432. The van der Waals surface area contributed by atoms with Crippen LogP contribution < -0.4 is 9.46 Å². The highest BCUT2D eigenvalue weighted by molar-refractivity contribution is 7.89. The fraction of sp³-hybridized carbons (Fsp3) is 0.562. The van der Waals surface area contributed by atoms with Gasteiger partial charge >= 0.3 is 12.3 Å². The molecule has 1 aromatic rings. The highest BCUT2D eigenvalue weighted by atomic mass is 32.2. The van der Waals surface area contributed by atoms with Gasteiger partial charge in [-0.1, -0.05) is 0 Å². The summed E-state index contributed by atoms with van der Waals surface area (Å²) in [4.78, 5) is 11.8. The maximum Gasteiger partial charge on any atom is 0.573 e. The summed E-state index contributed by atoms with van der Waals surface area (Å²) in [6, 6.07) is 2.57. The summed E-state index contributed by atoms with van der Waals surface area (Å²) in [7, 11) is -4.15. The quantitative estimate of drug-likeness (QED) is 0.660. The lowest BCUT2D eigenvalue weighted by molar-refractivity contribution is -0.274. The van der Waals surface area contributed by atoms with Gasteiger partial charge in [-0.2, -0.15) is 4.72 Å². The first-order valence-electron chi connectivity index (χ1n) is 8.23. The second-order valence-corrected chi connectivity index (χ2v) is 7.62. The fourth-order valence-corrected chi connectivity index (χ4v) is 3.81. The van der Waals surface area contributed by atoms with Gasteiger partial charge in [0.1, 0.15) is 11.8 Å². The summed E-state index contributed by atoms with van der Waals surface area (Å²) in [6.07, 6.45) is -3.98. The number of rotatable bonds is 8. The lowest BCUT2D eigenvalue weighted by Crippen LogP contribution is -2.43. The average molecular weight is 411 g/mol. The number of halogens is 3. The molecular weight excluding hydrogens is 391 g/mol. The minimum Gasteiger partial charge on any atom is -0.465 e. The second-order valence-electron chi connectivity index (χ2n) is 5.91. The number of sulfonamides is 1. The molecule has 27 heavy (non-hydrogen) atoms. The van der Waals surface area contributed by atoms with Gasteiger partial charge in [0.15, 0.2) is 0 Å². The minimum atomic E-state index is -4.88. The number of carbonyl (C=O) groups excluding carboxylic acids is 1. The maximum atomic E-state index is 12.5. The first kappa shape index (κ1) is 21.5. The highest BCUT2D eigenvalue weighted by Crippen LogP contribution is 2.25. The number of nitrogens with one attached hydrogen (secondary N) is 1.